The van der Waals surface area contributed by atoms with Crippen LogP contribution in [0.4, 0.5) is 26.3 Å². The predicted molar refractivity (Wildman–Crippen MR) is 108 cm³/mol. The highest BCUT2D eigenvalue weighted by Gasteiger charge is 2.34. The van der Waals surface area contributed by atoms with Crippen LogP contribution in [0.5, 0.6) is 5.75 Å². The number of aromatic nitrogens is 1. The van der Waals surface area contributed by atoms with Crippen LogP contribution >= 0.6 is 35.3 Å². The molecular weight excluding hydrogens is 537 g/mol. The molecule has 0 aliphatic heterocycles. The third kappa shape index (κ3) is 7.87. The molecule has 0 aliphatic carbocycles. The zero-order valence-electron chi connectivity index (χ0n) is 14.9. The van der Waals surface area contributed by atoms with Crippen molar-refractivity contribution >= 4 is 41.3 Å². The number of aliphatic imine (C=N–C) groups is 1. The van der Waals surface area contributed by atoms with E-state index in [0.717, 1.165) is 22.8 Å². The summed E-state index contributed by atoms with van der Waals surface area (Å²) in [6.07, 6.45) is -9.02. The molecule has 29 heavy (non-hydrogen) atoms. The van der Waals surface area contributed by atoms with Crippen molar-refractivity contribution in [3.05, 3.63) is 45.9 Å². The van der Waals surface area contributed by atoms with Gasteiger partial charge >= 0.3 is 12.4 Å². The lowest BCUT2D eigenvalue weighted by Crippen LogP contribution is -2.38. The molecule has 0 saturated carbocycles. The van der Waals surface area contributed by atoms with E-state index in [1.165, 1.54) is 25.2 Å². The second-order valence-corrected chi connectivity index (χ2v) is 6.26. The number of halogens is 7. The molecule has 2 aromatic rings. The van der Waals surface area contributed by atoms with Gasteiger partial charge in [-0.25, -0.2) is 4.98 Å². The summed E-state index contributed by atoms with van der Waals surface area (Å²) in [5, 5.41) is 6.69. The predicted octanol–water partition coefficient (Wildman–Crippen LogP) is 4.54. The van der Waals surface area contributed by atoms with E-state index in [9.17, 15) is 26.3 Å². The van der Waals surface area contributed by atoms with Crippen LogP contribution in [0.2, 0.25) is 0 Å². The van der Waals surface area contributed by atoms with E-state index in [1.807, 2.05) is 0 Å². The maximum Gasteiger partial charge on any atom is 0.434 e. The maximum absolute atomic E-state index is 12.9. The Kier molecular flexibility index (Phi) is 9.45. The number of hydrogen-bond donors (Lipinski definition) is 2. The summed E-state index contributed by atoms with van der Waals surface area (Å²) in [5.41, 5.74) is -1.84. The first-order valence-corrected chi connectivity index (χ1v) is 8.74. The van der Waals surface area contributed by atoms with Gasteiger partial charge in [-0.1, -0.05) is 12.1 Å². The van der Waals surface area contributed by atoms with Crippen molar-refractivity contribution in [1.29, 1.82) is 0 Å². The van der Waals surface area contributed by atoms with Gasteiger partial charge in [-0.2, -0.15) is 26.3 Å². The highest BCUT2D eigenvalue weighted by molar-refractivity contribution is 14.0. The van der Waals surface area contributed by atoms with Gasteiger partial charge in [0.25, 0.3) is 0 Å². The van der Waals surface area contributed by atoms with E-state index >= 15 is 0 Å². The van der Waals surface area contributed by atoms with Crippen LogP contribution < -0.4 is 15.4 Å². The Morgan fingerprint density at radius 3 is 2.38 bits per heavy atom. The van der Waals surface area contributed by atoms with Gasteiger partial charge in [0.1, 0.15) is 17.4 Å². The molecule has 0 radical (unpaired) electrons. The van der Waals surface area contributed by atoms with Crippen molar-refractivity contribution in [3.8, 4) is 5.75 Å². The lowest BCUT2D eigenvalue weighted by atomic mass is 10.2. The third-order valence-electron chi connectivity index (χ3n) is 3.32. The standard InChI is InChI=1S/C16H16F6N4OS.HI/c1-23-14(25-8-13-26-12(9-28-13)16(20,21)22)24-6-7-27-11-5-3-2-4-10(11)15(17,18)19;/h2-5,9H,6-8H2,1H3,(H2,23,24,25);1H. The van der Waals surface area contributed by atoms with Gasteiger partial charge in [0.15, 0.2) is 11.7 Å². The lowest BCUT2D eigenvalue weighted by molar-refractivity contribution is -0.141. The number of hydrogen-bond acceptors (Lipinski definition) is 4. The molecule has 2 N–H and O–H groups in total. The summed E-state index contributed by atoms with van der Waals surface area (Å²) in [6.45, 7) is 0.0545. The second kappa shape index (κ2) is 10.8. The Bertz CT molecular complexity index is 809. The van der Waals surface area contributed by atoms with Gasteiger partial charge in [-0.05, 0) is 12.1 Å². The molecule has 162 valence electrons. The summed E-state index contributed by atoms with van der Waals surface area (Å²) >= 11 is 0.851. The zero-order chi connectivity index (χ0) is 20.8. The minimum absolute atomic E-state index is 0. The van der Waals surface area contributed by atoms with E-state index < -0.39 is 23.6 Å². The van der Waals surface area contributed by atoms with Crippen LogP contribution in [0.3, 0.4) is 0 Å². The maximum atomic E-state index is 12.9. The molecule has 0 saturated heterocycles. The number of para-hydroxylation sites is 1. The molecule has 0 amide bonds. The van der Waals surface area contributed by atoms with Crippen molar-refractivity contribution in [1.82, 2.24) is 15.6 Å². The average molecular weight is 554 g/mol. The summed E-state index contributed by atoms with van der Waals surface area (Å²) < 4.78 is 81.3. The first kappa shape index (κ1) is 25.3. The molecule has 1 heterocycles. The Hall–Kier alpha value is -1.77. The average Bonchev–Trinajstić information content (AvgIpc) is 3.10. The number of guanidine groups is 1. The van der Waals surface area contributed by atoms with Crippen LogP contribution in [0.1, 0.15) is 16.3 Å². The SMILES string of the molecule is CN=C(NCCOc1ccccc1C(F)(F)F)NCc1nc(C(F)(F)F)cs1.I. The van der Waals surface area contributed by atoms with Gasteiger partial charge in [0, 0.05) is 12.4 Å². The molecule has 1 aromatic carbocycles. The van der Waals surface area contributed by atoms with Crippen molar-refractivity contribution in [3.63, 3.8) is 0 Å². The fourth-order valence-electron chi connectivity index (χ4n) is 2.06. The van der Waals surface area contributed by atoms with Crippen molar-refractivity contribution in [2.75, 3.05) is 20.2 Å². The largest absolute Gasteiger partial charge is 0.491 e. The number of benzene rings is 1. The number of ether oxygens (including phenoxy) is 1. The minimum atomic E-state index is -4.52. The third-order valence-corrected chi connectivity index (χ3v) is 4.17. The normalized spacial score (nSPS) is 12.3. The fraction of sp³-hybridized carbons (Fsp3) is 0.375. The molecule has 1 aromatic heterocycles. The van der Waals surface area contributed by atoms with Gasteiger partial charge in [-0.15, -0.1) is 35.3 Å². The molecular formula is C16H17F6IN4OS. The summed E-state index contributed by atoms with van der Waals surface area (Å²) in [4.78, 5) is 7.35. The van der Waals surface area contributed by atoms with E-state index in [4.69, 9.17) is 4.74 Å². The van der Waals surface area contributed by atoms with Gasteiger partial charge in [0.2, 0.25) is 0 Å². The second-order valence-electron chi connectivity index (χ2n) is 5.32. The Labute approximate surface area is 183 Å². The lowest BCUT2D eigenvalue weighted by Gasteiger charge is -2.15. The van der Waals surface area contributed by atoms with Crippen molar-refractivity contribution in [2.45, 2.75) is 18.9 Å². The fourth-order valence-corrected chi connectivity index (χ4v) is 2.80. The van der Waals surface area contributed by atoms with Crippen molar-refractivity contribution < 1.29 is 31.1 Å². The number of nitrogens with zero attached hydrogens (tertiary/aromatic N) is 2. The van der Waals surface area contributed by atoms with E-state index in [-0.39, 0.29) is 60.4 Å². The Morgan fingerprint density at radius 1 is 1.10 bits per heavy atom. The van der Waals surface area contributed by atoms with Gasteiger partial charge < -0.3 is 15.4 Å². The quantitative estimate of drug-likeness (QED) is 0.181. The Morgan fingerprint density at radius 2 is 1.79 bits per heavy atom. The van der Waals surface area contributed by atoms with Gasteiger partial charge in [-0.3, -0.25) is 4.99 Å². The van der Waals surface area contributed by atoms with Crippen LogP contribution in [0.25, 0.3) is 0 Å². The molecule has 2 rings (SSSR count). The highest BCUT2D eigenvalue weighted by Crippen LogP contribution is 2.35. The molecule has 0 unspecified atom stereocenters. The topological polar surface area (TPSA) is 58.5 Å². The molecule has 0 atom stereocenters. The monoisotopic (exact) mass is 554 g/mol. The molecule has 5 nitrogen and oxygen atoms in total. The first-order chi connectivity index (χ1) is 13.1. The van der Waals surface area contributed by atoms with E-state index in [2.05, 4.69) is 20.6 Å². The van der Waals surface area contributed by atoms with Crippen LogP contribution in [0.15, 0.2) is 34.6 Å². The van der Waals surface area contributed by atoms with Crippen molar-refractivity contribution in [2.24, 2.45) is 4.99 Å². The highest BCUT2D eigenvalue weighted by atomic mass is 127. The van der Waals surface area contributed by atoms with Crippen LogP contribution in [-0.4, -0.2) is 31.1 Å². The van der Waals surface area contributed by atoms with Crippen LogP contribution in [0, 0.1) is 0 Å². The van der Waals surface area contributed by atoms with E-state index in [0.29, 0.717) is 0 Å². The zero-order valence-corrected chi connectivity index (χ0v) is 18.0. The Balaban J connectivity index is 0.00000420. The molecule has 0 fully saturated rings. The van der Waals surface area contributed by atoms with Gasteiger partial charge in [0.05, 0.1) is 18.7 Å². The number of alkyl halides is 6. The summed E-state index contributed by atoms with van der Waals surface area (Å²) in [7, 11) is 1.44. The minimum Gasteiger partial charge on any atom is -0.491 e. The molecule has 0 aliphatic rings. The number of rotatable bonds is 6. The molecule has 0 bridgehead atoms. The number of thiazole rings is 1. The number of nitrogens with one attached hydrogen (secondary N) is 2. The molecule has 0 spiro atoms. The smallest absolute Gasteiger partial charge is 0.434 e. The van der Waals surface area contributed by atoms with E-state index in [1.54, 1.807) is 0 Å². The van der Waals surface area contributed by atoms with Crippen LogP contribution in [-0.2, 0) is 18.9 Å². The summed E-state index contributed by atoms with van der Waals surface area (Å²) in [5.74, 6) is -0.0429. The first-order valence-electron chi connectivity index (χ1n) is 7.86. The molecule has 13 heteroatoms. The summed E-state index contributed by atoms with van der Waals surface area (Å²) in [6, 6.07) is 4.84.